The summed E-state index contributed by atoms with van der Waals surface area (Å²) >= 11 is 0. The Labute approximate surface area is 98.7 Å². The van der Waals surface area contributed by atoms with Gasteiger partial charge in [0.05, 0.1) is 12.7 Å². The molecule has 2 aliphatic rings. The van der Waals surface area contributed by atoms with Gasteiger partial charge in [-0.15, -0.1) is 0 Å². The van der Waals surface area contributed by atoms with Crippen molar-refractivity contribution in [1.29, 1.82) is 0 Å². The van der Waals surface area contributed by atoms with E-state index in [9.17, 15) is 0 Å². The molecule has 3 atom stereocenters. The largest absolute Gasteiger partial charge is 0.374 e. The molecule has 4 nitrogen and oxygen atoms in total. The maximum absolute atomic E-state index is 6.06. The summed E-state index contributed by atoms with van der Waals surface area (Å²) in [6.45, 7) is 8.54. The van der Waals surface area contributed by atoms with Crippen LogP contribution in [0.25, 0.3) is 0 Å². The van der Waals surface area contributed by atoms with Gasteiger partial charge in [-0.2, -0.15) is 0 Å². The predicted octanol–water partition coefficient (Wildman–Crippen LogP) is -0.0139. The van der Waals surface area contributed by atoms with Gasteiger partial charge in [-0.1, -0.05) is 6.92 Å². The van der Waals surface area contributed by atoms with Crippen molar-refractivity contribution in [3.63, 3.8) is 0 Å². The van der Waals surface area contributed by atoms with Gasteiger partial charge in [0.15, 0.2) is 0 Å². The minimum absolute atomic E-state index is 0.352. The number of likely N-dealkylation sites (N-methyl/N-ethyl adjacent to an activating group) is 1. The topological polar surface area (TPSA) is 41.7 Å². The fourth-order valence-electron chi connectivity index (χ4n) is 2.93. The summed E-state index contributed by atoms with van der Waals surface area (Å²) in [6, 6.07) is 0.352. The van der Waals surface area contributed by atoms with Crippen molar-refractivity contribution in [1.82, 2.24) is 9.80 Å². The zero-order valence-corrected chi connectivity index (χ0v) is 10.6. The molecule has 0 spiro atoms. The van der Waals surface area contributed by atoms with Gasteiger partial charge in [0.25, 0.3) is 0 Å². The number of nitrogens with zero attached hydrogens (tertiary/aromatic N) is 2. The second-order valence-corrected chi connectivity index (χ2v) is 5.57. The highest BCUT2D eigenvalue weighted by Gasteiger charge is 2.26. The predicted molar refractivity (Wildman–Crippen MR) is 65.4 cm³/mol. The second kappa shape index (κ2) is 5.45. The van der Waals surface area contributed by atoms with Crippen molar-refractivity contribution < 1.29 is 4.74 Å². The molecule has 2 saturated heterocycles. The lowest BCUT2D eigenvalue weighted by Gasteiger charge is -2.39. The Morgan fingerprint density at radius 2 is 2.12 bits per heavy atom. The summed E-state index contributed by atoms with van der Waals surface area (Å²) in [7, 11) is 2.17. The van der Waals surface area contributed by atoms with Crippen LogP contribution in [-0.4, -0.2) is 68.3 Å². The summed E-state index contributed by atoms with van der Waals surface area (Å²) in [6.07, 6.45) is 1.54. The lowest BCUT2D eigenvalue weighted by molar-refractivity contribution is -0.0409. The van der Waals surface area contributed by atoms with Crippen molar-refractivity contribution in [2.75, 3.05) is 46.4 Å². The van der Waals surface area contributed by atoms with Gasteiger partial charge in [-0.25, -0.2) is 0 Å². The van der Waals surface area contributed by atoms with E-state index in [0.29, 0.717) is 12.1 Å². The van der Waals surface area contributed by atoms with E-state index in [2.05, 4.69) is 23.8 Å². The maximum Gasteiger partial charge on any atom is 0.0829 e. The van der Waals surface area contributed by atoms with E-state index in [1.807, 2.05) is 0 Å². The van der Waals surface area contributed by atoms with Crippen LogP contribution >= 0.6 is 0 Å². The summed E-state index contributed by atoms with van der Waals surface area (Å²) in [5.74, 6) is 0.727. The molecule has 0 radical (unpaired) electrons. The third-order valence-electron chi connectivity index (χ3n) is 3.57. The van der Waals surface area contributed by atoms with E-state index >= 15 is 0 Å². The van der Waals surface area contributed by atoms with Crippen LogP contribution < -0.4 is 5.73 Å². The molecule has 2 fully saturated rings. The zero-order chi connectivity index (χ0) is 11.5. The standard InChI is InChI=1S/C12H25N3O/c1-10-5-11(13)7-15(6-10)9-12-8-14(2)3-4-16-12/h10-12H,3-9,13H2,1-2H3. The lowest BCUT2D eigenvalue weighted by Crippen LogP contribution is -2.52. The van der Waals surface area contributed by atoms with Crippen LogP contribution in [0.5, 0.6) is 0 Å². The molecule has 16 heavy (non-hydrogen) atoms. The molecule has 0 bridgehead atoms. The molecule has 0 amide bonds. The van der Waals surface area contributed by atoms with Gasteiger partial charge in [-0.05, 0) is 19.4 Å². The SMILES string of the molecule is CC1CC(N)CN(CC2CN(C)CCO2)C1. The monoisotopic (exact) mass is 227 g/mol. The van der Waals surface area contributed by atoms with Crippen LogP contribution in [0.1, 0.15) is 13.3 Å². The van der Waals surface area contributed by atoms with Crippen LogP contribution in [0.2, 0.25) is 0 Å². The van der Waals surface area contributed by atoms with E-state index < -0.39 is 0 Å². The number of hydrogen-bond acceptors (Lipinski definition) is 4. The molecule has 0 aromatic rings. The number of ether oxygens (including phenoxy) is 1. The van der Waals surface area contributed by atoms with E-state index in [1.165, 1.54) is 13.0 Å². The molecule has 3 unspecified atom stereocenters. The van der Waals surface area contributed by atoms with Gasteiger partial charge in [0.2, 0.25) is 0 Å². The van der Waals surface area contributed by atoms with Crippen molar-refractivity contribution in [3.8, 4) is 0 Å². The molecular formula is C12H25N3O. The summed E-state index contributed by atoms with van der Waals surface area (Å²) in [5.41, 5.74) is 6.06. The Balaban J connectivity index is 1.79. The summed E-state index contributed by atoms with van der Waals surface area (Å²) < 4.78 is 5.80. The van der Waals surface area contributed by atoms with Crippen molar-refractivity contribution in [3.05, 3.63) is 0 Å². The highest BCUT2D eigenvalue weighted by molar-refractivity contribution is 4.82. The van der Waals surface area contributed by atoms with Crippen LogP contribution in [0.4, 0.5) is 0 Å². The first-order valence-electron chi connectivity index (χ1n) is 6.41. The van der Waals surface area contributed by atoms with Gasteiger partial charge in [0, 0.05) is 38.8 Å². The molecule has 2 N–H and O–H groups in total. The van der Waals surface area contributed by atoms with Crippen LogP contribution in [0.15, 0.2) is 0 Å². The van der Waals surface area contributed by atoms with Gasteiger partial charge < -0.3 is 15.4 Å². The molecule has 0 aliphatic carbocycles. The van der Waals surface area contributed by atoms with Crippen molar-refractivity contribution in [2.24, 2.45) is 11.7 Å². The minimum atomic E-state index is 0.352. The molecule has 0 aromatic carbocycles. The van der Waals surface area contributed by atoms with Crippen molar-refractivity contribution >= 4 is 0 Å². The molecule has 94 valence electrons. The fraction of sp³-hybridized carbons (Fsp3) is 1.00. The number of piperidine rings is 1. The average molecular weight is 227 g/mol. The van der Waals surface area contributed by atoms with Gasteiger partial charge in [-0.3, -0.25) is 4.90 Å². The quantitative estimate of drug-likeness (QED) is 0.720. The normalized spacial score (nSPS) is 38.8. The highest BCUT2D eigenvalue weighted by atomic mass is 16.5. The zero-order valence-electron chi connectivity index (χ0n) is 10.6. The summed E-state index contributed by atoms with van der Waals surface area (Å²) in [5, 5.41) is 0. The summed E-state index contributed by atoms with van der Waals surface area (Å²) in [4.78, 5) is 4.82. The van der Waals surface area contributed by atoms with Gasteiger partial charge in [0.1, 0.15) is 0 Å². The molecule has 2 rings (SSSR count). The Kier molecular flexibility index (Phi) is 4.19. The third-order valence-corrected chi connectivity index (χ3v) is 3.57. The minimum Gasteiger partial charge on any atom is -0.374 e. The van der Waals surface area contributed by atoms with E-state index in [-0.39, 0.29) is 0 Å². The van der Waals surface area contributed by atoms with E-state index in [0.717, 1.165) is 38.7 Å². The molecule has 0 aromatic heterocycles. The van der Waals surface area contributed by atoms with E-state index in [4.69, 9.17) is 10.5 Å². The first-order chi connectivity index (χ1) is 7.63. The number of morpholine rings is 1. The number of rotatable bonds is 2. The Bertz CT molecular complexity index is 214. The van der Waals surface area contributed by atoms with Crippen molar-refractivity contribution in [2.45, 2.75) is 25.5 Å². The molecule has 4 heteroatoms. The Morgan fingerprint density at radius 3 is 2.81 bits per heavy atom. The van der Waals surface area contributed by atoms with Crippen LogP contribution in [0.3, 0.4) is 0 Å². The molecule has 0 saturated carbocycles. The Hall–Kier alpha value is -0.160. The Morgan fingerprint density at radius 1 is 1.31 bits per heavy atom. The third kappa shape index (κ3) is 3.42. The van der Waals surface area contributed by atoms with E-state index in [1.54, 1.807) is 0 Å². The molecule has 2 heterocycles. The highest BCUT2D eigenvalue weighted by Crippen LogP contribution is 2.16. The maximum atomic E-state index is 6.06. The lowest BCUT2D eigenvalue weighted by atomic mass is 9.96. The number of likely N-dealkylation sites (tertiary alicyclic amines) is 1. The average Bonchev–Trinajstić information content (AvgIpc) is 2.15. The van der Waals surface area contributed by atoms with Gasteiger partial charge >= 0.3 is 0 Å². The molecule has 2 aliphatic heterocycles. The number of hydrogen-bond donors (Lipinski definition) is 1. The molecular weight excluding hydrogens is 202 g/mol. The first kappa shape index (κ1) is 12.3. The first-order valence-corrected chi connectivity index (χ1v) is 6.41. The fourth-order valence-corrected chi connectivity index (χ4v) is 2.93. The number of nitrogens with two attached hydrogens (primary N) is 1. The van der Waals surface area contributed by atoms with Crippen LogP contribution in [0, 0.1) is 5.92 Å². The van der Waals surface area contributed by atoms with Crippen LogP contribution in [-0.2, 0) is 4.74 Å². The smallest absolute Gasteiger partial charge is 0.0829 e. The second-order valence-electron chi connectivity index (χ2n) is 5.57.